The van der Waals surface area contributed by atoms with Crippen LogP contribution in [0.25, 0.3) is 0 Å². The topological polar surface area (TPSA) is 15.3 Å². The van der Waals surface area contributed by atoms with Gasteiger partial charge in [-0.05, 0) is 26.0 Å². The minimum absolute atomic E-state index is 0.560. The lowest BCUT2D eigenvalue weighted by Crippen LogP contribution is -2.43. The standard InChI is InChI=1S/C13H20N2/c1-11-4-6-12(7-5-11)13(10-14-2)15-8-3-9-15/h4-7,13-14H,3,8-10H2,1-2H3. The highest BCUT2D eigenvalue weighted by molar-refractivity contribution is 5.24. The minimum atomic E-state index is 0.560. The SMILES string of the molecule is CNCC(c1ccc(C)cc1)N1CCC1. The molecule has 1 unspecified atom stereocenters. The molecule has 1 aromatic rings. The van der Waals surface area contributed by atoms with Crippen molar-refractivity contribution < 1.29 is 0 Å². The van der Waals surface area contributed by atoms with Crippen molar-refractivity contribution in [2.45, 2.75) is 19.4 Å². The quantitative estimate of drug-likeness (QED) is 0.806. The summed E-state index contributed by atoms with van der Waals surface area (Å²) in [7, 11) is 2.03. The minimum Gasteiger partial charge on any atom is -0.318 e. The Bertz CT molecular complexity index is 301. The first kappa shape index (κ1) is 10.7. The average molecular weight is 204 g/mol. The molecular formula is C13H20N2. The maximum absolute atomic E-state index is 3.29. The molecule has 0 bridgehead atoms. The number of rotatable bonds is 4. The summed E-state index contributed by atoms with van der Waals surface area (Å²) in [5.74, 6) is 0. The second-order valence-corrected chi connectivity index (χ2v) is 4.37. The predicted molar refractivity (Wildman–Crippen MR) is 64.0 cm³/mol. The van der Waals surface area contributed by atoms with Crippen molar-refractivity contribution in [3.63, 3.8) is 0 Å². The molecule has 0 saturated carbocycles. The van der Waals surface area contributed by atoms with Crippen molar-refractivity contribution in [1.82, 2.24) is 10.2 Å². The van der Waals surface area contributed by atoms with E-state index in [9.17, 15) is 0 Å². The van der Waals surface area contributed by atoms with E-state index in [0.29, 0.717) is 6.04 Å². The molecule has 0 aliphatic carbocycles. The van der Waals surface area contributed by atoms with Crippen molar-refractivity contribution in [1.29, 1.82) is 0 Å². The third kappa shape index (κ3) is 2.39. The van der Waals surface area contributed by atoms with Crippen molar-refractivity contribution in [2.24, 2.45) is 0 Å². The summed E-state index contributed by atoms with van der Waals surface area (Å²) in [5.41, 5.74) is 2.78. The van der Waals surface area contributed by atoms with Gasteiger partial charge in [0, 0.05) is 25.7 Å². The van der Waals surface area contributed by atoms with Gasteiger partial charge in [-0.15, -0.1) is 0 Å². The van der Waals surface area contributed by atoms with Gasteiger partial charge in [0.15, 0.2) is 0 Å². The predicted octanol–water partition coefficient (Wildman–Crippen LogP) is 1.96. The number of hydrogen-bond donors (Lipinski definition) is 1. The Morgan fingerprint density at radius 1 is 1.27 bits per heavy atom. The smallest absolute Gasteiger partial charge is 0.0472 e. The monoisotopic (exact) mass is 204 g/mol. The van der Waals surface area contributed by atoms with E-state index in [2.05, 4.69) is 41.4 Å². The third-order valence-electron chi connectivity index (χ3n) is 3.19. The lowest BCUT2D eigenvalue weighted by atomic mass is 10.0. The molecule has 1 aromatic carbocycles. The fraction of sp³-hybridized carbons (Fsp3) is 0.538. The Morgan fingerprint density at radius 3 is 2.40 bits per heavy atom. The van der Waals surface area contributed by atoms with Gasteiger partial charge in [-0.2, -0.15) is 0 Å². The van der Waals surface area contributed by atoms with Gasteiger partial charge in [-0.1, -0.05) is 29.8 Å². The van der Waals surface area contributed by atoms with E-state index in [0.717, 1.165) is 6.54 Å². The second kappa shape index (κ2) is 4.77. The second-order valence-electron chi connectivity index (χ2n) is 4.37. The van der Waals surface area contributed by atoms with Crippen LogP contribution in [0.4, 0.5) is 0 Å². The van der Waals surface area contributed by atoms with E-state index in [1.807, 2.05) is 7.05 Å². The van der Waals surface area contributed by atoms with Gasteiger partial charge in [0.05, 0.1) is 0 Å². The molecule has 2 heteroatoms. The largest absolute Gasteiger partial charge is 0.318 e. The molecule has 0 radical (unpaired) electrons. The van der Waals surface area contributed by atoms with Crippen LogP contribution in [0.15, 0.2) is 24.3 Å². The molecule has 82 valence electrons. The molecular weight excluding hydrogens is 184 g/mol. The zero-order chi connectivity index (χ0) is 10.7. The zero-order valence-corrected chi connectivity index (χ0v) is 9.66. The number of nitrogens with one attached hydrogen (secondary N) is 1. The van der Waals surface area contributed by atoms with Crippen LogP contribution in [0.2, 0.25) is 0 Å². The van der Waals surface area contributed by atoms with E-state index < -0.39 is 0 Å². The fourth-order valence-corrected chi connectivity index (χ4v) is 2.09. The molecule has 0 amide bonds. The van der Waals surface area contributed by atoms with E-state index >= 15 is 0 Å². The molecule has 1 heterocycles. The van der Waals surface area contributed by atoms with Crippen LogP contribution in [-0.4, -0.2) is 31.6 Å². The molecule has 15 heavy (non-hydrogen) atoms. The number of aryl methyl sites for hydroxylation is 1. The number of likely N-dealkylation sites (N-methyl/N-ethyl adjacent to an activating group) is 1. The number of likely N-dealkylation sites (tertiary alicyclic amines) is 1. The Kier molecular flexibility index (Phi) is 3.39. The van der Waals surface area contributed by atoms with E-state index in [4.69, 9.17) is 0 Å². The summed E-state index contributed by atoms with van der Waals surface area (Å²) >= 11 is 0. The normalized spacial score (nSPS) is 18.5. The Balaban J connectivity index is 2.12. The first-order valence-electron chi connectivity index (χ1n) is 5.76. The molecule has 1 fully saturated rings. The molecule has 1 aliphatic rings. The molecule has 2 rings (SSSR count). The molecule has 1 aliphatic heterocycles. The van der Waals surface area contributed by atoms with Crippen LogP contribution in [0, 0.1) is 6.92 Å². The summed E-state index contributed by atoms with van der Waals surface area (Å²) in [6.45, 7) is 5.68. The highest BCUT2D eigenvalue weighted by Gasteiger charge is 2.24. The Morgan fingerprint density at radius 2 is 1.93 bits per heavy atom. The van der Waals surface area contributed by atoms with Crippen LogP contribution in [-0.2, 0) is 0 Å². The number of nitrogens with zero attached hydrogens (tertiary/aromatic N) is 1. The van der Waals surface area contributed by atoms with Gasteiger partial charge >= 0.3 is 0 Å². The maximum atomic E-state index is 3.29. The average Bonchev–Trinajstić information content (AvgIpc) is 2.16. The fourth-order valence-electron chi connectivity index (χ4n) is 2.09. The third-order valence-corrected chi connectivity index (χ3v) is 3.19. The lowest BCUT2D eigenvalue weighted by molar-refractivity contribution is 0.117. The van der Waals surface area contributed by atoms with E-state index in [1.165, 1.54) is 30.6 Å². The van der Waals surface area contributed by atoms with Crippen molar-refractivity contribution >= 4 is 0 Å². The molecule has 1 N–H and O–H groups in total. The maximum Gasteiger partial charge on any atom is 0.0472 e. The van der Waals surface area contributed by atoms with Gasteiger partial charge in [0.1, 0.15) is 0 Å². The Hall–Kier alpha value is -0.860. The molecule has 0 aromatic heterocycles. The Labute approximate surface area is 92.3 Å². The zero-order valence-electron chi connectivity index (χ0n) is 9.66. The number of benzene rings is 1. The lowest BCUT2D eigenvalue weighted by Gasteiger charge is -2.38. The van der Waals surface area contributed by atoms with Gasteiger partial charge in [-0.25, -0.2) is 0 Å². The van der Waals surface area contributed by atoms with Crippen LogP contribution in [0.1, 0.15) is 23.6 Å². The van der Waals surface area contributed by atoms with Crippen LogP contribution in [0.5, 0.6) is 0 Å². The highest BCUT2D eigenvalue weighted by Crippen LogP contribution is 2.25. The van der Waals surface area contributed by atoms with E-state index in [-0.39, 0.29) is 0 Å². The summed E-state index contributed by atoms with van der Waals surface area (Å²) in [6, 6.07) is 9.49. The van der Waals surface area contributed by atoms with Crippen molar-refractivity contribution in [2.75, 3.05) is 26.7 Å². The van der Waals surface area contributed by atoms with Crippen molar-refractivity contribution in [3.8, 4) is 0 Å². The summed E-state index contributed by atoms with van der Waals surface area (Å²) in [4.78, 5) is 2.54. The van der Waals surface area contributed by atoms with Gasteiger partial charge in [0.25, 0.3) is 0 Å². The summed E-state index contributed by atoms with van der Waals surface area (Å²) in [5, 5.41) is 3.29. The van der Waals surface area contributed by atoms with Gasteiger partial charge < -0.3 is 5.32 Å². The summed E-state index contributed by atoms with van der Waals surface area (Å²) < 4.78 is 0. The molecule has 1 saturated heterocycles. The van der Waals surface area contributed by atoms with Gasteiger partial charge in [0.2, 0.25) is 0 Å². The highest BCUT2D eigenvalue weighted by atomic mass is 15.2. The first-order valence-corrected chi connectivity index (χ1v) is 5.76. The van der Waals surface area contributed by atoms with Crippen LogP contribution < -0.4 is 5.32 Å². The van der Waals surface area contributed by atoms with Gasteiger partial charge in [-0.3, -0.25) is 4.90 Å². The van der Waals surface area contributed by atoms with Crippen molar-refractivity contribution in [3.05, 3.63) is 35.4 Å². The van der Waals surface area contributed by atoms with Crippen LogP contribution >= 0.6 is 0 Å². The summed E-state index contributed by atoms with van der Waals surface area (Å²) in [6.07, 6.45) is 1.35. The molecule has 2 nitrogen and oxygen atoms in total. The molecule has 1 atom stereocenters. The van der Waals surface area contributed by atoms with Crippen LogP contribution in [0.3, 0.4) is 0 Å². The first-order chi connectivity index (χ1) is 7.31. The molecule has 0 spiro atoms. The number of hydrogen-bond acceptors (Lipinski definition) is 2. The van der Waals surface area contributed by atoms with E-state index in [1.54, 1.807) is 0 Å².